The molecule has 0 amide bonds. The molecule has 172 valence electrons. The van der Waals surface area contributed by atoms with Crippen molar-refractivity contribution in [1.29, 1.82) is 5.41 Å². The average Bonchev–Trinajstić information content (AvgIpc) is 2.76. The fourth-order valence-corrected chi connectivity index (χ4v) is 4.47. The third-order valence-corrected chi connectivity index (χ3v) is 6.00. The standard InChI is InChI=1S/C24H23F3N4O2/c1-11(28)20-19(29)10-18(24(25,26)27)23-21(20)16-8-7-15(32)9-17(16)22(30-23)14-5-3-13(4-6-14)12(2)31-33/h3-6,10,15,28,31-33H,2,7-9,29H2,1H3. The number of aryl methyl sites for hydroxylation is 1. The van der Waals surface area contributed by atoms with Crippen molar-refractivity contribution >= 4 is 28.0 Å². The lowest BCUT2D eigenvalue weighted by Crippen LogP contribution is -2.22. The predicted octanol–water partition coefficient (Wildman–Crippen LogP) is 4.69. The number of fused-ring (bicyclic) bond motifs is 3. The van der Waals surface area contributed by atoms with Crippen molar-refractivity contribution in [2.75, 3.05) is 5.73 Å². The lowest BCUT2D eigenvalue weighted by atomic mass is 9.82. The van der Waals surface area contributed by atoms with Crippen molar-refractivity contribution in [3.63, 3.8) is 0 Å². The van der Waals surface area contributed by atoms with E-state index in [1.54, 1.807) is 24.3 Å². The number of hydrogen-bond acceptors (Lipinski definition) is 6. The van der Waals surface area contributed by atoms with Crippen molar-refractivity contribution in [3.8, 4) is 11.3 Å². The molecule has 2 aromatic carbocycles. The molecule has 1 heterocycles. The Morgan fingerprint density at radius 1 is 1.24 bits per heavy atom. The van der Waals surface area contributed by atoms with Crippen LogP contribution >= 0.6 is 0 Å². The van der Waals surface area contributed by atoms with Gasteiger partial charge in [-0.15, -0.1) is 0 Å². The number of aliphatic hydroxyl groups is 1. The Kier molecular flexibility index (Phi) is 5.63. The van der Waals surface area contributed by atoms with Crippen LogP contribution < -0.4 is 11.2 Å². The van der Waals surface area contributed by atoms with Gasteiger partial charge in [0.25, 0.3) is 0 Å². The second-order valence-corrected chi connectivity index (χ2v) is 8.22. The number of aliphatic hydroxyl groups excluding tert-OH is 1. The van der Waals surface area contributed by atoms with Crippen LogP contribution in [0.5, 0.6) is 0 Å². The first-order valence-corrected chi connectivity index (χ1v) is 10.3. The van der Waals surface area contributed by atoms with E-state index >= 15 is 0 Å². The minimum atomic E-state index is -4.69. The number of nitrogens with two attached hydrogens (primary N) is 1. The molecule has 0 bridgehead atoms. The van der Waals surface area contributed by atoms with Crippen LogP contribution in [-0.4, -0.2) is 27.1 Å². The Morgan fingerprint density at radius 3 is 2.48 bits per heavy atom. The van der Waals surface area contributed by atoms with Crippen LogP contribution in [0.2, 0.25) is 0 Å². The van der Waals surface area contributed by atoms with Gasteiger partial charge < -0.3 is 16.2 Å². The molecule has 3 aromatic rings. The van der Waals surface area contributed by atoms with E-state index in [4.69, 9.17) is 16.4 Å². The summed E-state index contributed by atoms with van der Waals surface area (Å²) in [5.74, 6) is 0. The molecule has 4 rings (SSSR count). The van der Waals surface area contributed by atoms with Gasteiger partial charge in [-0.3, -0.25) is 10.7 Å². The maximum Gasteiger partial charge on any atom is 0.418 e. The molecule has 1 aliphatic rings. The lowest BCUT2D eigenvalue weighted by molar-refractivity contribution is -0.136. The number of hydrogen-bond donors (Lipinski definition) is 5. The summed E-state index contributed by atoms with van der Waals surface area (Å²) in [5.41, 5.74) is 9.98. The number of nitrogen functional groups attached to an aromatic ring is 1. The topological polar surface area (TPSA) is 115 Å². The largest absolute Gasteiger partial charge is 0.418 e. The highest BCUT2D eigenvalue weighted by atomic mass is 19.4. The van der Waals surface area contributed by atoms with E-state index in [0.717, 1.165) is 6.07 Å². The second-order valence-electron chi connectivity index (χ2n) is 8.22. The third-order valence-electron chi connectivity index (χ3n) is 6.00. The number of alkyl halides is 3. The fourth-order valence-electron chi connectivity index (χ4n) is 4.47. The maximum atomic E-state index is 14.0. The highest BCUT2D eigenvalue weighted by molar-refractivity contribution is 6.14. The Bertz CT molecular complexity index is 1280. The van der Waals surface area contributed by atoms with Gasteiger partial charge in [0, 0.05) is 34.3 Å². The molecule has 6 N–H and O–H groups in total. The van der Waals surface area contributed by atoms with Crippen molar-refractivity contribution in [2.45, 2.75) is 38.5 Å². The molecule has 1 aromatic heterocycles. The van der Waals surface area contributed by atoms with E-state index < -0.39 is 17.8 Å². The van der Waals surface area contributed by atoms with Gasteiger partial charge in [-0.2, -0.15) is 13.2 Å². The summed E-state index contributed by atoms with van der Waals surface area (Å²) in [6.45, 7) is 5.16. The van der Waals surface area contributed by atoms with Crippen LogP contribution in [0.4, 0.5) is 18.9 Å². The molecule has 1 atom stereocenters. The molecule has 0 spiro atoms. The molecule has 1 unspecified atom stereocenters. The van der Waals surface area contributed by atoms with Crippen LogP contribution in [0.1, 0.15) is 41.2 Å². The van der Waals surface area contributed by atoms with E-state index in [9.17, 15) is 18.3 Å². The van der Waals surface area contributed by atoms with Gasteiger partial charge >= 0.3 is 6.18 Å². The molecule has 0 fully saturated rings. The van der Waals surface area contributed by atoms with Crippen LogP contribution in [0, 0.1) is 5.41 Å². The number of nitrogens with zero attached hydrogens (tertiary/aromatic N) is 1. The van der Waals surface area contributed by atoms with Gasteiger partial charge in [-0.1, -0.05) is 30.8 Å². The van der Waals surface area contributed by atoms with E-state index in [1.165, 1.54) is 6.92 Å². The van der Waals surface area contributed by atoms with Gasteiger partial charge in [0.2, 0.25) is 0 Å². The first-order chi connectivity index (χ1) is 15.5. The zero-order chi connectivity index (χ0) is 24.1. The number of nitrogens with one attached hydrogen (secondary N) is 2. The SMILES string of the molecule is C=C(NO)c1ccc(-c2nc3c(C(F)(F)F)cc(N)c(C(C)=N)c3c3c2CC(O)CC3)cc1. The summed E-state index contributed by atoms with van der Waals surface area (Å²) in [6.07, 6.45) is -4.39. The monoisotopic (exact) mass is 456 g/mol. The Morgan fingerprint density at radius 2 is 1.91 bits per heavy atom. The number of benzene rings is 2. The quantitative estimate of drug-likeness (QED) is 0.222. The van der Waals surface area contributed by atoms with E-state index in [0.29, 0.717) is 40.8 Å². The zero-order valence-corrected chi connectivity index (χ0v) is 17.8. The number of hydroxylamine groups is 1. The number of halogens is 3. The minimum absolute atomic E-state index is 0.0495. The predicted molar refractivity (Wildman–Crippen MR) is 121 cm³/mol. The molecular formula is C24H23F3N4O2. The summed E-state index contributed by atoms with van der Waals surface area (Å²) in [5, 5.41) is 27.8. The highest BCUT2D eigenvalue weighted by Gasteiger charge is 2.37. The fraction of sp³-hybridized carbons (Fsp3) is 0.250. The van der Waals surface area contributed by atoms with Crippen LogP contribution in [-0.2, 0) is 19.0 Å². The van der Waals surface area contributed by atoms with Gasteiger partial charge in [-0.25, -0.2) is 4.98 Å². The smallest absolute Gasteiger partial charge is 0.398 e. The maximum absolute atomic E-state index is 14.0. The van der Waals surface area contributed by atoms with E-state index in [1.807, 2.05) is 5.48 Å². The molecule has 0 radical (unpaired) electrons. The molecule has 33 heavy (non-hydrogen) atoms. The summed E-state index contributed by atoms with van der Waals surface area (Å²) < 4.78 is 42.0. The number of anilines is 1. The van der Waals surface area contributed by atoms with Gasteiger partial charge in [0.1, 0.15) is 0 Å². The lowest BCUT2D eigenvalue weighted by Gasteiger charge is -2.27. The molecule has 1 aliphatic carbocycles. The molecule has 9 heteroatoms. The molecular weight excluding hydrogens is 433 g/mol. The van der Waals surface area contributed by atoms with E-state index in [2.05, 4.69) is 11.6 Å². The molecule has 0 saturated carbocycles. The highest BCUT2D eigenvalue weighted by Crippen LogP contribution is 2.43. The van der Waals surface area contributed by atoms with Crippen LogP contribution in [0.25, 0.3) is 27.9 Å². The minimum Gasteiger partial charge on any atom is -0.398 e. The summed E-state index contributed by atoms with van der Waals surface area (Å²) in [6, 6.07) is 7.54. The molecule has 6 nitrogen and oxygen atoms in total. The van der Waals surface area contributed by atoms with Crippen molar-refractivity contribution in [3.05, 3.63) is 64.7 Å². The normalized spacial score (nSPS) is 15.9. The summed E-state index contributed by atoms with van der Waals surface area (Å²) in [4.78, 5) is 4.47. The van der Waals surface area contributed by atoms with Crippen LogP contribution in [0.15, 0.2) is 36.9 Å². The average molecular weight is 456 g/mol. The van der Waals surface area contributed by atoms with Crippen molar-refractivity contribution in [1.82, 2.24) is 10.5 Å². The van der Waals surface area contributed by atoms with E-state index in [-0.39, 0.29) is 40.0 Å². The number of aromatic nitrogens is 1. The summed E-state index contributed by atoms with van der Waals surface area (Å²) in [7, 11) is 0. The molecule has 0 saturated heterocycles. The van der Waals surface area contributed by atoms with Gasteiger partial charge in [0.05, 0.1) is 28.6 Å². The Balaban J connectivity index is 2.10. The number of pyridine rings is 1. The van der Waals surface area contributed by atoms with Crippen molar-refractivity contribution < 1.29 is 23.5 Å². The molecule has 0 aliphatic heterocycles. The Hall–Kier alpha value is -3.43. The van der Waals surface area contributed by atoms with Crippen molar-refractivity contribution in [2.24, 2.45) is 0 Å². The summed E-state index contributed by atoms with van der Waals surface area (Å²) >= 11 is 0. The first-order valence-electron chi connectivity index (χ1n) is 10.3. The first kappa shape index (κ1) is 22.8. The van der Waals surface area contributed by atoms with Gasteiger partial charge in [-0.05, 0) is 42.5 Å². The third kappa shape index (κ3) is 3.94. The number of rotatable bonds is 4. The van der Waals surface area contributed by atoms with Gasteiger partial charge in [0.15, 0.2) is 0 Å². The second kappa shape index (κ2) is 8.17. The Labute approximate surface area is 188 Å². The zero-order valence-electron chi connectivity index (χ0n) is 17.8. The van der Waals surface area contributed by atoms with Crippen LogP contribution in [0.3, 0.4) is 0 Å².